The van der Waals surface area contributed by atoms with E-state index >= 15 is 0 Å². The first kappa shape index (κ1) is 20.9. The number of morpholine rings is 1. The molecule has 1 aliphatic heterocycles. The highest BCUT2D eigenvalue weighted by Gasteiger charge is 2.26. The summed E-state index contributed by atoms with van der Waals surface area (Å²) in [6, 6.07) is 12.2. The van der Waals surface area contributed by atoms with E-state index in [0.29, 0.717) is 36.7 Å². The number of thiazole rings is 1. The second kappa shape index (κ2) is 8.43. The van der Waals surface area contributed by atoms with Crippen molar-refractivity contribution in [2.24, 2.45) is 12.0 Å². The standard InChI is InChI=1S/C21H23N3O4S2/c1-3-15-4-9-18-19(14-15)29-21(23(18)2)22-20(25)16-5-7-17(8-6-16)30(26,27)24-10-12-28-13-11-24/h4-9,14H,3,10-13H2,1-2H3. The number of aromatic nitrogens is 1. The normalized spacial score (nSPS) is 16.3. The van der Waals surface area contributed by atoms with E-state index in [-0.39, 0.29) is 4.90 Å². The predicted octanol–water partition coefficient (Wildman–Crippen LogP) is 2.56. The third-order valence-electron chi connectivity index (χ3n) is 5.19. The molecule has 0 aliphatic carbocycles. The predicted molar refractivity (Wildman–Crippen MR) is 116 cm³/mol. The van der Waals surface area contributed by atoms with Crippen LogP contribution < -0.4 is 4.80 Å². The molecule has 7 nitrogen and oxygen atoms in total. The van der Waals surface area contributed by atoms with Crippen LogP contribution in [0, 0.1) is 0 Å². The lowest BCUT2D eigenvalue weighted by molar-refractivity contribution is 0.0730. The molecular weight excluding hydrogens is 422 g/mol. The lowest BCUT2D eigenvalue weighted by Gasteiger charge is -2.26. The van der Waals surface area contributed by atoms with Crippen LogP contribution in [-0.2, 0) is 28.2 Å². The smallest absolute Gasteiger partial charge is 0.279 e. The second-order valence-electron chi connectivity index (χ2n) is 7.06. The summed E-state index contributed by atoms with van der Waals surface area (Å²) in [5.41, 5.74) is 2.61. The zero-order chi connectivity index (χ0) is 21.3. The van der Waals surface area contributed by atoms with E-state index in [0.717, 1.165) is 16.6 Å². The summed E-state index contributed by atoms with van der Waals surface area (Å²) in [4.78, 5) is 17.7. The molecule has 0 N–H and O–H groups in total. The van der Waals surface area contributed by atoms with Gasteiger partial charge in [-0.3, -0.25) is 4.79 Å². The Labute approximate surface area is 179 Å². The lowest BCUT2D eigenvalue weighted by atomic mass is 10.2. The van der Waals surface area contributed by atoms with Crippen molar-refractivity contribution in [3.8, 4) is 0 Å². The molecule has 0 spiro atoms. The molecule has 3 aromatic rings. The quantitative estimate of drug-likeness (QED) is 0.618. The maximum Gasteiger partial charge on any atom is 0.279 e. The molecule has 4 rings (SSSR count). The average Bonchev–Trinajstić information content (AvgIpc) is 3.08. The van der Waals surface area contributed by atoms with Crippen molar-refractivity contribution < 1.29 is 17.9 Å². The third kappa shape index (κ3) is 3.98. The Bertz CT molecular complexity index is 1250. The second-order valence-corrected chi connectivity index (χ2v) is 10.0. The highest BCUT2D eigenvalue weighted by Crippen LogP contribution is 2.20. The Morgan fingerprint density at radius 3 is 2.50 bits per heavy atom. The molecule has 0 unspecified atom stereocenters. The minimum Gasteiger partial charge on any atom is -0.379 e. The zero-order valence-electron chi connectivity index (χ0n) is 16.9. The SMILES string of the molecule is CCc1ccc2c(c1)sc(=NC(=O)c1ccc(S(=O)(=O)N3CCOCC3)cc1)n2C. The van der Waals surface area contributed by atoms with Gasteiger partial charge in [-0.25, -0.2) is 8.42 Å². The summed E-state index contributed by atoms with van der Waals surface area (Å²) in [5, 5.41) is 0. The Balaban J connectivity index is 1.61. The van der Waals surface area contributed by atoms with Crippen LogP contribution in [0.2, 0.25) is 0 Å². The summed E-state index contributed by atoms with van der Waals surface area (Å²) < 4.78 is 35.0. The van der Waals surface area contributed by atoms with Gasteiger partial charge in [0, 0.05) is 25.7 Å². The number of carbonyl (C=O) groups excluding carboxylic acids is 1. The van der Waals surface area contributed by atoms with Gasteiger partial charge < -0.3 is 9.30 Å². The molecule has 1 saturated heterocycles. The van der Waals surface area contributed by atoms with Crippen LogP contribution in [0.5, 0.6) is 0 Å². The summed E-state index contributed by atoms with van der Waals surface area (Å²) in [6.07, 6.45) is 0.947. The van der Waals surface area contributed by atoms with E-state index in [4.69, 9.17) is 4.74 Å². The molecule has 0 atom stereocenters. The molecule has 2 heterocycles. The van der Waals surface area contributed by atoms with Gasteiger partial charge in [-0.1, -0.05) is 24.3 Å². The van der Waals surface area contributed by atoms with Crippen LogP contribution in [0.25, 0.3) is 10.2 Å². The fourth-order valence-corrected chi connectivity index (χ4v) is 5.85. The largest absolute Gasteiger partial charge is 0.379 e. The molecule has 0 saturated carbocycles. The van der Waals surface area contributed by atoms with Crippen LogP contribution in [0.3, 0.4) is 0 Å². The number of fused-ring (bicyclic) bond motifs is 1. The maximum atomic E-state index is 12.7. The zero-order valence-corrected chi connectivity index (χ0v) is 18.5. The first-order chi connectivity index (χ1) is 14.4. The van der Waals surface area contributed by atoms with E-state index in [9.17, 15) is 13.2 Å². The highest BCUT2D eigenvalue weighted by atomic mass is 32.2. The number of benzene rings is 2. The van der Waals surface area contributed by atoms with E-state index in [1.54, 1.807) is 0 Å². The average molecular weight is 446 g/mol. The molecule has 1 amide bonds. The van der Waals surface area contributed by atoms with Gasteiger partial charge in [-0.05, 0) is 48.4 Å². The number of ether oxygens (including phenoxy) is 1. The van der Waals surface area contributed by atoms with E-state index in [1.165, 1.54) is 45.5 Å². The van der Waals surface area contributed by atoms with Crippen molar-refractivity contribution in [3.05, 3.63) is 58.4 Å². The minimum atomic E-state index is -3.58. The van der Waals surface area contributed by atoms with E-state index in [2.05, 4.69) is 24.0 Å². The van der Waals surface area contributed by atoms with Gasteiger partial charge in [0.05, 0.1) is 28.3 Å². The molecule has 0 bridgehead atoms. The topological polar surface area (TPSA) is 81.0 Å². The van der Waals surface area contributed by atoms with Crippen molar-refractivity contribution in [3.63, 3.8) is 0 Å². The number of nitrogens with zero attached hydrogens (tertiary/aromatic N) is 3. The Morgan fingerprint density at radius 1 is 1.13 bits per heavy atom. The van der Waals surface area contributed by atoms with E-state index in [1.807, 2.05) is 17.7 Å². The molecule has 0 radical (unpaired) electrons. The molecule has 1 aliphatic rings. The van der Waals surface area contributed by atoms with E-state index < -0.39 is 15.9 Å². The number of sulfonamides is 1. The van der Waals surface area contributed by atoms with Crippen molar-refractivity contribution in [2.45, 2.75) is 18.2 Å². The van der Waals surface area contributed by atoms with Crippen LogP contribution >= 0.6 is 11.3 Å². The van der Waals surface area contributed by atoms with Crippen LogP contribution in [0.15, 0.2) is 52.4 Å². The summed E-state index contributed by atoms with van der Waals surface area (Å²) in [6.45, 7) is 3.55. The van der Waals surface area contributed by atoms with Crippen molar-refractivity contribution in [1.82, 2.24) is 8.87 Å². The number of aryl methyl sites for hydroxylation is 2. The molecule has 30 heavy (non-hydrogen) atoms. The van der Waals surface area contributed by atoms with Gasteiger partial charge in [0.25, 0.3) is 5.91 Å². The number of amides is 1. The van der Waals surface area contributed by atoms with Crippen molar-refractivity contribution >= 4 is 37.5 Å². The number of carbonyl (C=O) groups is 1. The Morgan fingerprint density at radius 2 is 1.83 bits per heavy atom. The molecule has 2 aromatic carbocycles. The Hall–Kier alpha value is -2.33. The fraction of sp³-hybridized carbons (Fsp3) is 0.333. The summed E-state index contributed by atoms with van der Waals surface area (Å²) in [5.74, 6) is -0.400. The first-order valence-electron chi connectivity index (χ1n) is 9.75. The van der Waals surface area contributed by atoms with Gasteiger partial charge in [0.2, 0.25) is 10.0 Å². The molecule has 1 fully saturated rings. The molecule has 158 valence electrons. The van der Waals surface area contributed by atoms with Crippen LogP contribution in [0.4, 0.5) is 0 Å². The highest BCUT2D eigenvalue weighted by molar-refractivity contribution is 7.89. The first-order valence-corrected chi connectivity index (χ1v) is 12.0. The summed E-state index contributed by atoms with van der Waals surface area (Å²) >= 11 is 1.46. The molecule has 9 heteroatoms. The van der Waals surface area contributed by atoms with Gasteiger partial charge in [0.15, 0.2) is 4.80 Å². The fourth-order valence-electron chi connectivity index (χ4n) is 3.36. The Kier molecular flexibility index (Phi) is 5.88. The van der Waals surface area contributed by atoms with Gasteiger partial charge >= 0.3 is 0 Å². The van der Waals surface area contributed by atoms with Gasteiger partial charge in [-0.2, -0.15) is 9.30 Å². The van der Waals surface area contributed by atoms with Gasteiger partial charge in [0.1, 0.15) is 0 Å². The maximum absolute atomic E-state index is 12.7. The summed E-state index contributed by atoms with van der Waals surface area (Å²) in [7, 11) is -1.70. The van der Waals surface area contributed by atoms with Crippen molar-refractivity contribution in [1.29, 1.82) is 0 Å². The lowest BCUT2D eigenvalue weighted by Crippen LogP contribution is -2.40. The number of hydrogen-bond acceptors (Lipinski definition) is 5. The third-order valence-corrected chi connectivity index (χ3v) is 8.20. The van der Waals surface area contributed by atoms with Crippen molar-refractivity contribution in [2.75, 3.05) is 26.3 Å². The number of hydrogen-bond donors (Lipinski definition) is 0. The van der Waals surface area contributed by atoms with Crippen LogP contribution in [0.1, 0.15) is 22.8 Å². The number of rotatable bonds is 4. The monoisotopic (exact) mass is 445 g/mol. The van der Waals surface area contributed by atoms with Crippen LogP contribution in [-0.4, -0.2) is 49.5 Å². The molecular formula is C21H23N3O4S2. The minimum absolute atomic E-state index is 0.167. The molecule has 1 aromatic heterocycles. The van der Waals surface area contributed by atoms with Gasteiger partial charge in [-0.15, -0.1) is 0 Å².